The Morgan fingerprint density at radius 2 is 2.00 bits per heavy atom. The van der Waals surface area contributed by atoms with Crippen molar-refractivity contribution in [1.29, 1.82) is 0 Å². The monoisotopic (exact) mass is 380 g/mol. The normalized spacial score (nSPS) is 19.7. The standard InChI is InChI=1S/C19H28N2O4S/c1-3-25-19(24)16-14-6-4-5-7-15(14)26-18(16)20-17(23)12(2)21-10-8-13(22)9-11-21/h12-13,22H,3-11H2,1-2H3,(H,20,23). The maximum Gasteiger partial charge on any atom is 0.341 e. The first-order chi connectivity index (χ1) is 12.5. The molecule has 7 heteroatoms. The minimum atomic E-state index is -0.337. The molecular formula is C19H28N2O4S. The van der Waals surface area contributed by atoms with E-state index in [4.69, 9.17) is 4.74 Å². The van der Waals surface area contributed by atoms with Crippen molar-refractivity contribution in [2.24, 2.45) is 0 Å². The first-order valence-corrected chi connectivity index (χ1v) is 10.4. The molecule has 0 bridgehead atoms. The molecule has 0 aromatic carbocycles. The van der Waals surface area contributed by atoms with Gasteiger partial charge in [0.2, 0.25) is 5.91 Å². The molecule has 1 aromatic heterocycles. The molecule has 1 aliphatic heterocycles. The lowest BCUT2D eigenvalue weighted by Gasteiger charge is -2.33. The van der Waals surface area contributed by atoms with E-state index in [1.54, 1.807) is 6.92 Å². The van der Waals surface area contributed by atoms with Crippen molar-refractivity contribution in [3.63, 3.8) is 0 Å². The molecule has 1 atom stereocenters. The summed E-state index contributed by atoms with van der Waals surface area (Å²) in [7, 11) is 0. The zero-order chi connectivity index (χ0) is 18.7. The zero-order valence-electron chi connectivity index (χ0n) is 15.5. The van der Waals surface area contributed by atoms with Crippen molar-refractivity contribution in [3.05, 3.63) is 16.0 Å². The molecule has 144 valence electrons. The molecule has 1 aliphatic carbocycles. The number of esters is 1. The van der Waals surface area contributed by atoms with Gasteiger partial charge in [0.1, 0.15) is 5.00 Å². The number of amides is 1. The number of piperidine rings is 1. The van der Waals surface area contributed by atoms with E-state index in [9.17, 15) is 14.7 Å². The molecule has 0 radical (unpaired) electrons. The summed E-state index contributed by atoms with van der Waals surface area (Å²) in [6.45, 7) is 5.42. The van der Waals surface area contributed by atoms with E-state index in [0.29, 0.717) is 43.1 Å². The van der Waals surface area contributed by atoms with Crippen LogP contribution in [0.3, 0.4) is 0 Å². The minimum Gasteiger partial charge on any atom is -0.462 e. The first-order valence-electron chi connectivity index (χ1n) is 9.55. The summed E-state index contributed by atoms with van der Waals surface area (Å²) in [5.74, 6) is -0.443. The summed E-state index contributed by atoms with van der Waals surface area (Å²) in [6.07, 6.45) is 5.14. The highest BCUT2D eigenvalue weighted by molar-refractivity contribution is 7.17. The van der Waals surface area contributed by atoms with Crippen molar-refractivity contribution in [2.45, 2.75) is 64.5 Å². The number of likely N-dealkylation sites (tertiary alicyclic amines) is 1. The molecule has 2 aliphatic rings. The van der Waals surface area contributed by atoms with Crippen LogP contribution in [-0.2, 0) is 22.4 Å². The highest BCUT2D eigenvalue weighted by atomic mass is 32.1. The van der Waals surface area contributed by atoms with Gasteiger partial charge in [0.25, 0.3) is 0 Å². The largest absolute Gasteiger partial charge is 0.462 e. The number of nitrogens with one attached hydrogen (secondary N) is 1. The van der Waals surface area contributed by atoms with Crippen molar-refractivity contribution < 1.29 is 19.4 Å². The van der Waals surface area contributed by atoms with Crippen LogP contribution in [0.5, 0.6) is 0 Å². The van der Waals surface area contributed by atoms with Crippen LogP contribution in [-0.4, -0.2) is 53.7 Å². The maximum absolute atomic E-state index is 12.8. The third-order valence-corrected chi connectivity index (χ3v) is 6.52. The molecule has 1 aromatic rings. The highest BCUT2D eigenvalue weighted by Gasteiger charge is 2.30. The number of hydrogen-bond acceptors (Lipinski definition) is 6. The Bertz CT molecular complexity index is 665. The Hall–Kier alpha value is -1.44. The van der Waals surface area contributed by atoms with E-state index in [2.05, 4.69) is 10.2 Å². The second-order valence-corrected chi connectivity index (χ2v) is 8.17. The number of ether oxygens (including phenoxy) is 1. The van der Waals surface area contributed by atoms with E-state index in [0.717, 1.165) is 31.2 Å². The lowest BCUT2D eigenvalue weighted by atomic mass is 9.95. The highest BCUT2D eigenvalue weighted by Crippen LogP contribution is 2.38. The van der Waals surface area contributed by atoms with Crippen LogP contribution in [0.25, 0.3) is 0 Å². The molecule has 26 heavy (non-hydrogen) atoms. The van der Waals surface area contributed by atoms with Gasteiger partial charge in [0.15, 0.2) is 0 Å². The molecule has 1 amide bonds. The quantitative estimate of drug-likeness (QED) is 0.768. The van der Waals surface area contributed by atoms with Gasteiger partial charge >= 0.3 is 5.97 Å². The number of carbonyl (C=O) groups is 2. The van der Waals surface area contributed by atoms with Crippen LogP contribution >= 0.6 is 11.3 Å². The van der Waals surface area contributed by atoms with Gasteiger partial charge in [-0.15, -0.1) is 11.3 Å². The average Bonchev–Trinajstić information content (AvgIpc) is 2.99. The lowest BCUT2D eigenvalue weighted by Crippen LogP contribution is -2.47. The number of thiophene rings is 1. The average molecular weight is 381 g/mol. The summed E-state index contributed by atoms with van der Waals surface area (Å²) in [6, 6.07) is -0.295. The molecule has 1 saturated heterocycles. The SMILES string of the molecule is CCOC(=O)c1c(NC(=O)C(C)N2CCC(O)CC2)sc2c1CCCC2. The maximum atomic E-state index is 12.8. The summed E-state index contributed by atoms with van der Waals surface area (Å²) in [5, 5.41) is 13.3. The van der Waals surface area contributed by atoms with Gasteiger partial charge in [-0.2, -0.15) is 0 Å². The van der Waals surface area contributed by atoms with Crippen molar-refractivity contribution >= 4 is 28.2 Å². The van der Waals surface area contributed by atoms with Crippen LogP contribution in [0.1, 0.15) is 60.3 Å². The predicted molar refractivity (Wildman–Crippen MR) is 102 cm³/mol. The fraction of sp³-hybridized carbons (Fsp3) is 0.684. The molecular weight excluding hydrogens is 352 g/mol. The number of aryl methyl sites for hydroxylation is 1. The van der Waals surface area contributed by atoms with Crippen LogP contribution in [0.2, 0.25) is 0 Å². The number of nitrogens with zero attached hydrogens (tertiary/aromatic N) is 1. The number of carbonyl (C=O) groups excluding carboxylic acids is 2. The third kappa shape index (κ3) is 4.10. The van der Waals surface area contributed by atoms with Gasteiger partial charge in [0, 0.05) is 18.0 Å². The number of hydrogen-bond donors (Lipinski definition) is 2. The van der Waals surface area contributed by atoms with E-state index in [-0.39, 0.29) is 24.0 Å². The lowest BCUT2D eigenvalue weighted by molar-refractivity contribution is -0.121. The smallest absolute Gasteiger partial charge is 0.341 e. The van der Waals surface area contributed by atoms with Gasteiger partial charge < -0.3 is 15.2 Å². The molecule has 0 spiro atoms. The number of aliphatic hydroxyl groups is 1. The molecule has 1 unspecified atom stereocenters. The van der Waals surface area contributed by atoms with Crippen LogP contribution in [0.4, 0.5) is 5.00 Å². The fourth-order valence-electron chi connectivity index (χ4n) is 3.73. The molecule has 2 N–H and O–H groups in total. The Morgan fingerprint density at radius 1 is 1.31 bits per heavy atom. The minimum absolute atomic E-state index is 0.106. The Kier molecular flexibility index (Phi) is 6.32. The van der Waals surface area contributed by atoms with Crippen molar-refractivity contribution in [1.82, 2.24) is 4.90 Å². The Labute approximate surface area is 158 Å². The molecule has 0 saturated carbocycles. The second-order valence-electron chi connectivity index (χ2n) is 7.07. The number of aliphatic hydroxyl groups excluding tert-OH is 1. The third-order valence-electron chi connectivity index (χ3n) is 5.31. The summed E-state index contributed by atoms with van der Waals surface area (Å²) in [5.41, 5.74) is 1.62. The topological polar surface area (TPSA) is 78.9 Å². The van der Waals surface area contributed by atoms with E-state index in [1.165, 1.54) is 16.2 Å². The van der Waals surface area contributed by atoms with Gasteiger partial charge in [-0.1, -0.05) is 0 Å². The predicted octanol–water partition coefficient (Wildman–Crippen LogP) is 2.59. The summed E-state index contributed by atoms with van der Waals surface area (Å²) < 4.78 is 5.24. The first kappa shape index (κ1) is 19.3. The fourth-order valence-corrected chi connectivity index (χ4v) is 5.01. The molecule has 6 nitrogen and oxygen atoms in total. The summed E-state index contributed by atoms with van der Waals surface area (Å²) in [4.78, 5) is 28.5. The zero-order valence-corrected chi connectivity index (χ0v) is 16.4. The van der Waals surface area contributed by atoms with Gasteiger partial charge in [-0.3, -0.25) is 9.69 Å². The molecule has 2 heterocycles. The molecule has 3 rings (SSSR count). The number of rotatable bonds is 5. The van der Waals surface area contributed by atoms with Gasteiger partial charge in [-0.25, -0.2) is 4.79 Å². The molecule has 1 fully saturated rings. The van der Waals surface area contributed by atoms with E-state index >= 15 is 0 Å². The van der Waals surface area contributed by atoms with Crippen LogP contribution < -0.4 is 5.32 Å². The second kappa shape index (κ2) is 8.50. The number of anilines is 1. The van der Waals surface area contributed by atoms with Gasteiger partial charge in [0.05, 0.1) is 24.3 Å². The van der Waals surface area contributed by atoms with E-state index < -0.39 is 0 Å². The van der Waals surface area contributed by atoms with Gasteiger partial charge in [-0.05, 0) is 57.9 Å². The van der Waals surface area contributed by atoms with Crippen molar-refractivity contribution in [3.8, 4) is 0 Å². The van der Waals surface area contributed by atoms with Crippen LogP contribution in [0, 0.1) is 0 Å². The Morgan fingerprint density at radius 3 is 2.69 bits per heavy atom. The number of fused-ring (bicyclic) bond motifs is 1. The Balaban J connectivity index is 1.77. The van der Waals surface area contributed by atoms with E-state index in [1.807, 2.05) is 6.92 Å². The summed E-state index contributed by atoms with van der Waals surface area (Å²) >= 11 is 1.52. The van der Waals surface area contributed by atoms with Crippen LogP contribution in [0.15, 0.2) is 0 Å². The van der Waals surface area contributed by atoms with Crippen molar-refractivity contribution in [2.75, 3.05) is 25.0 Å².